The fourth-order valence-corrected chi connectivity index (χ4v) is 2.54. The molecule has 0 heterocycles. The molecule has 1 rings (SSSR count). The second kappa shape index (κ2) is 8.39. The fraction of sp³-hybridized carbons (Fsp3) is 0.538. The van der Waals surface area contributed by atoms with Gasteiger partial charge in [0.25, 0.3) is 0 Å². The first kappa shape index (κ1) is 14.4. The molecule has 3 nitrogen and oxygen atoms in total. The molecule has 4 heteroatoms. The van der Waals surface area contributed by atoms with Gasteiger partial charge in [0.1, 0.15) is 0 Å². The Morgan fingerprint density at radius 3 is 2.71 bits per heavy atom. The lowest BCUT2D eigenvalue weighted by Crippen LogP contribution is -2.27. The molecule has 2 atom stereocenters. The standard InChI is InChI=1S/C13H21NO2S/c1-2-13(14)11-17(15)9-8-16-10-12-6-4-3-5-7-12/h3-7,13H,2,8-11,14H2,1H3. The van der Waals surface area contributed by atoms with Crippen LogP contribution in [0.15, 0.2) is 30.3 Å². The lowest BCUT2D eigenvalue weighted by atomic mass is 10.2. The van der Waals surface area contributed by atoms with Crippen LogP contribution in [0.1, 0.15) is 18.9 Å². The van der Waals surface area contributed by atoms with Crippen LogP contribution in [0.4, 0.5) is 0 Å². The summed E-state index contributed by atoms with van der Waals surface area (Å²) in [4.78, 5) is 0. The molecule has 0 radical (unpaired) electrons. The van der Waals surface area contributed by atoms with E-state index < -0.39 is 10.8 Å². The van der Waals surface area contributed by atoms with Crippen LogP contribution >= 0.6 is 0 Å². The smallest absolute Gasteiger partial charge is 0.0717 e. The maximum Gasteiger partial charge on any atom is 0.0717 e. The van der Waals surface area contributed by atoms with Gasteiger partial charge in [0.15, 0.2) is 0 Å². The molecule has 0 saturated heterocycles. The van der Waals surface area contributed by atoms with Crippen LogP contribution in [0.25, 0.3) is 0 Å². The number of nitrogens with two attached hydrogens (primary N) is 1. The molecule has 0 aliphatic rings. The van der Waals surface area contributed by atoms with Crippen LogP contribution in [0.3, 0.4) is 0 Å². The Balaban J connectivity index is 2.10. The van der Waals surface area contributed by atoms with E-state index in [0.717, 1.165) is 12.0 Å². The van der Waals surface area contributed by atoms with Gasteiger partial charge in [-0.15, -0.1) is 0 Å². The predicted octanol–water partition coefficient (Wildman–Crippen LogP) is 1.69. The summed E-state index contributed by atoms with van der Waals surface area (Å²) >= 11 is 0. The van der Waals surface area contributed by atoms with Crippen LogP contribution in [0.2, 0.25) is 0 Å². The maximum atomic E-state index is 11.6. The summed E-state index contributed by atoms with van der Waals surface area (Å²) in [5.74, 6) is 1.14. The molecule has 0 aliphatic carbocycles. The van der Waals surface area contributed by atoms with Gasteiger partial charge in [0, 0.05) is 28.3 Å². The van der Waals surface area contributed by atoms with E-state index in [-0.39, 0.29) is 6.04 Å². The van der Waals surface area contributed by atoms with Crippen molar-refractivity contribution >= 4 is 10.8 Å². The molecule has 2 unspecified atom stereocenters. The van der Waals surface area contributed by atoms with E-state index in [4.69, 9.17) is 10.5 Å². The number of hydrogen-bond donors (Lipinski definition) is 1. The second-order valence-electron chi connectivity index (χ2n) is 4.02. The minimum Gasteiger partial charge on any atom is -0.376 e. The van der Waals surface area contributed by atoms with Crippen LogP contribution in [-0.4, -0.2) is 28.4 Å². The molecule has 0 aromatic heterocycles. The number of benzene rings is 1. The third-order valence-corrected chi connectivity index (χ3v) is 3.91. The van der Waals surface area contributed by atoms with Crippen molar-refractivity contribution in [3.05, 3.63) is 35.9 Å². The van der Waals surface area contributed by atoms with Gasteiger partial charge >= 0.3 is 0 Å². The highest BCUT2D eigenvalue weighted by atomic mass is 32.2. The molecule has 0 spiro atoms. The topological polar surface area (TPSA) is 52.3 Å². The summed E-state index contributed by atoms with van der Waals surface area (Å²) < 4.78 is 17.0. The van der Waals surface area contributed by atoms with E-state index in [9.17, 15) is 4.21 Å². The van der Waals surface area contributed by atoms with Crippen molar-refractivity contribution in [2.45, 2.75) is 26.0 Å². The normalized spacial score (nSPS) is 14.5. The van der Waals surface area contributed by atoms with Crippen molar-refractivity contribution in [3.63, 3.8) is 0 Å². The Morgan fingerprint density at radius 2 is 2.06 bits per heavy atom. The zero-order chi connectivity index (χ0) is 12.5. The summed E-state index contributed by atoms with van der Waals surface area (Å²) in [6, 6.07) is 10.0. The molecule has 2 N–H and O–H groups in total. The van der Waals surface area contributed by atoms with Crippen LogP contribution in [0, 0.1) is 0 Å². The molecule has 0 amide bonds. The number of rotatable bonds is 8. The average molecular weight is 255 g/mol. The Bertz CT molecular complexity index is 329. The van der Waals surface area contributed by atoms with E-state index in [0.29, 0.717) is 24.7 Å². The van der Waals surface area contributed by atoms with E-state index in [1.807, 2.05) is 37.3 Å². The first-order valence-corrected chi connectivity index (χ1v) is 7.43. The minimum atomic E-state index is -0.858. The summed E-state index contributed by atoms with van der Waals surface area (Å²) in [6.07, 6.45) is 0.872. The van der Waals surface area contributed by atoms with Gasteiger partial charge in [0.05, 0.1) is 13.2 Å². The molecule has 0 saturated carbocycles. The molecule has 17 heavy (non-hydrogen) atoms. The van der Waals surface area contributed by atoms with Crippen molar-refractivity contribution < 1.29 is 8.95 Å². The van der Waals surface area contributed by atoms with E-state index in [1.54, 1.807) is 0 Å². The average Bonchev–Trinajstić information content (AvgIpc) is 2.36. The third-order valence-electron chi connectivity index (χ3n) is 2.49. The Kier molecular flexibility index (Phi) is 7.08. The number of ether oxygens (including phenoxy) is 1. The monoisotopic (exact) mass is 255 g/mol. The van der Waals surface area contributed by atoms with E-state index in [2.05, 4.69) is 0 Å². The summed E-state index contributed by atoms with van der Waals surface area (Å²) in [7, 11) is -0.858. The van der Waals surface area contributed by atoms with Crippen LogP contribution in [0.5, 0.6) is 0 Å². The summed E-state index contributed by atoms with van der Waals surface area (Å²) in [5, 5.41) is 0. The highest BCUT2D eigenvalue weighted by molar-refractivity contribution is 7.85. The lowest BCUT2D eigenvalue weighted by molar-refractivity contribution is 0.136. The largest absolute Gasteiger partial charge is 0.376 e. The Hall–Kier alpha value is -0.710. The zero-order valence-corrected chi connectivity index (χ0v) is 11.1. The molecule has 0 fully saturated rings. The van der Waals surface area contributed by atoms with Gasteiger partial charge in [-0.1, -0.05) is 37.3 Å². The van der Waals surface area contributed by atoms with Crippen molar-refractivity contribution in [1.29, 1.82) is 0 Å². The highest BCUT2D eigenvalue weighted by Crippen LogP contribution is 2.00. The van der Waals surface area contributed by atoms with Crippen molar-refractivity contribution in [1.82, 2.24) is 0 Å². The first-order valence-electron chi connectivity index (χ1n) is 5.94. The summed E-state index contributed by atoms with van der Waals surface area (Å²) in [6.45, 7) is 3.11. The van der Waals surface area contributed by atoms with Gasteiger partial charge in [-0.05, 0) is 12.0 Å². The van der Waals surface area contributed by atoms with Gasteiger partial charge in [-0.3, -0.25) is 4.21 Å². The SMILES string of the molecule is CCC(N)CS(=O)CCOCc1ccccc1. The number of hydrogen-bond acceptors (Lipinski definition) is 3. The maximum absolute atomic E-state index is 11.6. The molecule has 1 aromatic carbocycles. The van der Waals surface area contributed by atoms with Crippen LogP contribution in [-0.2, 0) is 22.1 Å². The lowest BCUT2D eigenvalue weighted by Gasteiger charge is -2.08. The van der Waals surface area contributed by atoms with Gasteiger partial charge < -0.3 is 10.5 Å². The van der Waals surface area contributed by atoms with Gasteiger partial charge in [0.2, 0.25) is 0 Å². The second-order valence-corrected chi connectivity index (χ2v) is 5.64. The van der Waals surface area contributed by atoms with Crippen molar-refractivity contribution in [2.75, 3.05) is 18.1 Å². The zero-order valence-electron chi connectivity index (χ0n) is 10.3. The predicted molar refractivity (Wildman–Crippen MR) is 72.2 cm³/mol. The molecular weight excluding hydrogens is 234 g/mol. The summed E-state index contributed by atoms with van der Waals surface area (Å²) in [5.41, 5.74) is 6.88. The minimum absolute atomic E-state index is 0.0463. The van der Waals surface area contributed by atoms with Gasteiger partial charge in [-0.2, -0.15) is 0 Å². The fourth-order valence-electron chi connectivity index (χ4n) is 1.36. The highest BCUT2D eigenvalue weighted by Gasteiger charge is 2.05. The van der Waals surface area contributed by atoms with Crippen molar-refractivity contribution in [3.8, 4) is 0 Å². The van der Waals surface area contributed by atoms with Crippen molar-refractivity contribution in [2.24, 2.45) is 5.73 Å². The first-order chi connectivity index (χ1) is 8.22. The quantitative estimate of drug-likeness (QED) is 0.719. The van der Waals surface area contributed by atoms with Gasteiger partial charge in [-0.25, -0.2) is 0 Å². The van der Waals surface area contributed by atoms with E-state index >= 15 is 0 Å². The Labute approximate surface area is 106 Å². The molecule has 0 aliphatic heterocycles. The molecular formula is C13H21NO2S. The van der Waals surface area contributed by atoms with Crippen LogP contribution < -0.4 is 5.73 Å². The molecule has 96 valence electrons. The van der Waals surface area contributed by atoms with E-state index in [1.165, 1.54) is 0 Å². The molecule has 0 bridgehead atoms. The third kappa shape index (κ3) is 6.56. The molecule has 1 aromatic rings. The Morgan fingerprint density at radius 1 is 1.35 bits per heavy atom.